The Labute approximate surface area is 161 Å². The Kier molecular flexibility index (Phi) is 7.41. The van der Waals surface area contributed by atoms with E-state index in [-0.39, 0.29) is 11.1 Å². The summed E-state index contributed by atoms with van der Waals surface area (Å²) < 4.78 is 10.2. The summed E-state index contributed by atoms with van der Waals surface area (Å²) in [5.41, 5.74) is 2.28. The highest BCUT2D eigenvalue weighted by molar-refractivity contribution is 9.12. The van der Waals surface area contributed by atoms with E-state index in [0.29, 0.717) is 17.8 Å². The van der Waals surface area contributed by atoms with Crippen molar-refractivity contribution in [1.82, 2.24) is 0 Å². The lowest BCUT2D eigenvalue weighted by Crippen LogP contribution is -2.30. The molecule has 0 aliphatic rings. The van der Waals surface area contributed by atoms with Crippen LogP contribution >= 0.6 is 15.9 Å². The first-order chi connectivity index (χ1) is 12.6. The molecule has 2 aromatic rings. The number of ether oxygens (including phenoxy) is 2. The first-order valence-corrected chi connectivity index (χ1v) is 8.88. The van der Waals surface area contributed by atoms with Gasteiger partial charge < -0.3 is 9.47 Å². The minimum atomic E-state index is -0.484. The number of halogens is 1. The van der Waals surface area contributed by atoms with E-state index in [0.717, 1.165) is 5.56 Å². The minimum absolute atomic E-state index is 0.274. The predicted molar refractivity (Wildman–Crippen MR) is 105 cm³/mol. The van der Waals surface area contributed by atoms with Crippen molar-refractivity contribution in [3.63, 3.8) is 0 Å². The molecule has 136 valence electrons. The number of carbonyl (C=O) groups excluding carboxylic acids is 2. The standard InChI is InChI=1S/C20H20BrNO4/c1-3-26-19(23)17(21)13-16-11-7-8-12-18(16)22(20(24)25-2)14-15-9-5-4-6-10-15/h4-13H,3,14H2,1-2H3/b17-13-. The normalized spacial score (nSPS) is 11.0. The highest BCUT2D eigenvalue weighted by Gasteiger charge is 2.19. The smallest absolute Gasteiger partial charge is 0.414 e. The van der Waals surface area contributed by atoms with Crippen LogP contribution in [-0.4, -0.2) is 25.8 Å². The van der Waals surface area contributed by atoms with Gasteiger partial charge in [-0.3, -0.25) is 4.90 Å². The second-order valence-electron chi connectivity index (χ2n) is 5.31. The number of anilines is 1. The van der Waals surface area contributed by atoms with Crippen molar-refractivity contribution in [2.24, 2.45) is 0 Å². The van der Waals surface area contributed by atoms with Crippen LogP contribution < -0.4 is 4.90 Å². The van der Waals surface area contributed by atoms with E-state index in [1.807, 2.05) is 48.5 Å². The molecule has 0 radical (unpaired) electrons. The summed E-state index contributed by atoms with van der Waals surface area (Å²) in [7, 11) is 1.34. The molecule has 6 heteroatoms. The van der Waals surface area contributed by atoms with Gasteiger partial charge in [0.1, 0.15) is 4.48 Å². The van der Waals surface area contributed by atoms with Gasteiger partial charge in [-0.2, -0.15) is 0 Å². The van der Waals surface area contributed by atoms with Crippen LogP contribution in [0.3, 0.4) is 0 Å². The highest BCUT2D eigenvalue weighted by Crippen LogP contribution is 2.27. The molecule has 5 nitrogen and oxygen atoms in total. The second kappa shape index (κ2) is 9.77. The summed E-state index contributed by atoms with van der Waals surface area (Å²) >= 11 is 3.24. The molecule has 0 unspecified atom stereocenters. The van der Waals surface area contributed by atoms with E-state index in [2.05, 4.69) is 15.9 Å². The predicted octanol–water partition coefficient (Wildman–Crippen LogP) is 4.76. The van der Waals surface area contributed by atoms with Crippen LogP contribution in [0.1, 0.15) is 18.1 Å². The molecule has 0 atom stereocenters. The number of nitrogens with zero attached hydrogens (tertiary/aromatic N) is 1. The Morgan fingerprint density at radius 1 is 1.08 bits per heavy atom. The third kappa shape index (κ3) is 5.20. The zero-order valence-corrected chi connectivity index (χ0v) is 16.2. The van der Waals surface area contributed by atoms with Crippen molar-refractivity contribution in [2.45, 2.75) is 13.5 Å². The molecule has 0 spiro atoms. The van der Waals surface area contributed by atoms with E-state index >= 15 is 0 Å². The van der Waals surface area contributed by atoms with Gasteiger partial charge in [0, 0.05) is 0 Å². The zero-order valence-electron chi connectivity index (χ0n) is 14.6. The van der Waals surface area contributed by atoms with Crippen molar-refractivity contribution < 1.29 is 19.1 Å². The summed E-state index contributed by atoms with van der Waals surface area (Å²) in [5, 5.41) is 0. The van der Waals surface area contributed by atoms with Crippen LogP contribution in [0.25, 0.3) is 6.08 Å². The monoisotopic (exact) mass is 417 g/mol. The lowest BCUT2D eigenvalue weighted by Gasteiger charge is -2.23. The second-order valence-corrected chi connectivity index (χ2v) is 6.17. The van der Waals surface area contributed by atoms with Gasteiger partial charge in [-0.15, -0.1) is 0 Å². The summed E-state index contributed by atoms with van der Waals surface area (Å²) in [6, 6.07) is 16.9. The van der Waals surface area contributed by atoms with Crippen LogP contribution in [0.5, 0.6) is 0 Å². The molecule has 0 aromatic heterocycles. The first kappa shape index (κ1) is 19.7. The Morgan fingerprint density at radius 3 is 2.38 bits per heavy atom. The number of methoxy groups -OCH3 is 1. The lowest BCUT2D eigenvalue weighted by molar-refractivity contribution is -0.137. The topological polar surface area (TPSA) is 55.8 Å². The fourth-order valence-electron chi connectivity index (χ4n) is 2.38. The van der Waals surface area contributed by atoms with E-state index in [4.69, 9.17) is 9.47 Å². The van der Waals surface area contributed by atoms with Gasteiger partial charge in [0.05, 0.1) is 25.9 Å². The van der Waals surface area contributed by atoms with Crippen LogP contribution in [-0.2, 0) is 20.8 Å². The van der Waals surface area contributed by atoms with Gasteiger partial charge in [-0.1, -0.05) is 48.5 Å². The maximum Gasteiger partial charge on any atom is 0.414 e. The molecule has 0 heterocycles. The third-order valence-corrected chi connectivity index (χ3v) is 4.11. The number of hydrogen-bond donors (Lipinski definition) is 0. The average molecular weight is 418 g/mol. The number of para-hydroxylation sites is 1. The number of carbonyl (C=O) groups is 2. The van der Waals surface area contributed by atoms with E-state index < -0.39 is 12.1 Å². The quantitative estimate of drug-likeness (QED) is 0.502. The molecule has 0 N–H and O–H groups in total. The van der Waals surface area contributed by atoms with Crippen LogP contribution in [0.15, 0.2) is 59.1 Å². The average Bonchev–Trinajstić information content (AvgIpc) is 2.67. The van der Waals surface area contributed by atoms with Crippen LogP contribution in [0.2, 0.25) is 0 Å². The van der Waals surface area contributed by atoms with Gasteiger partial charge in [-0.05, 0) is 46.1 Å². The SMILES string of the molecule is CCOC(=O)/C(Br)=C/c1ccccc1N(Cc1ccccc1)C(=O)OC. The van der Waals surface area contributed by atoms with Crippen molar-refractivity contribution >= 4 is 39.8 Å². The molecule has 0 saturated heterocycles. The summed E-state index contributed by atoms with van der Waals surface area (Å²) in [6.45, 7) is 2.37. The number of esters is 1. The summed E-state index contributed by atoms with van der Waals surface area (Å²) in [4.78, 5) is 25.8. The van der Waals surface area contributed by atoms with E-state index in [1.165, 1.54) is 12.0 Å². The highest BCUT2D eigenvalue weighted by atomic mass is 79.9. The van der Waals surface area contributed by atoms with Crippen molar-refractivity contribution in [3.8, 4) is 0 Å². The summed E-state index contributed by atoms with van der Waals surface area (Å²) in [6.07, 6.45) is 1.15. The minimum Gasteiger partial charge on any atom is -0.462 e. The van der Waals surface area contributed by atoms with Crippen LogP contribution in [0.4, 0.5) is 10.5 Å². The Balaban J connectivity index is 2.41. The fourth-order valence-corrected chi connectivity index (χ4v) is 2.74. The third-order valence-electron chi connectivity index (χ3n) is 3.56. The molecule has 2 rings (SSSR count). The molecule has 0 aliphatic carbocycles. The number of rotatable bonds is 6. The maximum absolute atomic E-state index is 12.4. The molecule has 0 aliphatic heterocycles. The Hall–Kier alpha value is -2.60. The van der Waals surface area contributed by atoms with Gasteiger partial charge in [0.15, 0.2) is 0 Å². The largest absolute Gasteiger partial charge is 0.462 e. The van der Waals surface area contributed by atoms with Crippen molar-refractivity contribution in [1.29, 1.82) is 0 Å². The molecule has 26 heavy (non-hydrogen) atoms. The van der Waals surface area contributed by atoms with Gasteiger partial charge in [0.25, 0.3) is 0 Å². The number of amides is 1. The van der Waals surface area contributed by atoms with Crippen LogP contribution in [0, 0.1) is 0 Å². The van der Waals surface area contributed by atoms with E-state index in [1.54, 1.807) is 19.1 Å². The maximum atomic E-state index is 12.4. The molecule has 2 aromatic carbocycles. The molecular formula is C20H20BrNO4. The molecular weight excluding hydrogens is 398 g/mol. The molecule has 0 saturated carbocycles. The van der Waals surface area contributed by atoms with Crippen molar-refractivity contribution in [2.75, 3.05) is 18.6 Å². The van der Waals surface area contributed by atoms with Crippen molar-refractivity contribution in [3.05, 3.63) is 70.2 Å². The molecule has 1 amide bonds. The van der Waals surface area contributed by atoms with E-state index in [9.17, 15) is 9.59 Å². The molecule has 0 fully saturated rings. The zero-order chi connectivity index (χ0) is 18.9. The van der Waals surface area contributed by atoms with Gasteiger partial charge >= 0.3 is 12.1 Å². The number of benzene rings is 2. The summed E-state index contributed by atoms with van der Waals surface area (Å²) in [5.74, 6) is -0.463. The molecule has 0 bridgehead atoms. The number of hydrogen-bond acceptors (Lipinski definition) is 4. The Bertz CT molecular complexity index is 789. The Morgan fingerprint density at radius 2 is 1.73 bits per heavy atom. The lowest BCUT2D eigenvalue weighted by atomic mass is 10.1. The van der Waals surface area contributed by atoms with Gasteiger partial charge in [-0.25, -0.2) is 9.59 Å². The fraction of sp³-hybridized carbons (Fsp3) is 0.200. The van der Waals surface area contributed by atoms with Gasteiger partial charge in [0.2, 0.25) is 0 Å². The first-order valence-electron chi connectivity index (χ1n) is 8.09.